The molecule has 0 amide bonds. The maximum absolute atomic E-state index is 12.2. The van der Waals surface area contributed by atoms with Gasteiger partial charge in [0, 0.05) is 13.1 Å². The van der Waals surface area contributed by atoms with E-state index < -0.39 is 10.0 Å². The number of aromatic nitrogens is 1. The van der Waals surface area contributed by atoms with Crippen LogP contribution >= 0.6 is 11.3 Å². The Morgan fingerprint density at radius 2 is 2.04 bits per heavy atom. The van der Waals surface area contributed by atoms with Crippen molar-refractivity contribution >= 4 is 31.6 Å². The number of ether oxygens (including phenoxy) is 1. The van der Waals surface area contributed by atoms with E-state index in [1.807, 2.05) is 31.2 Å². The van der Waals surface area contributed by atoms with Crippen molar-refractivity contribution in [2.24, 2.45) is 0 Å². The molecule has 5 nitrogen and oxygen atoms in total. The molecular formula is C16H22N2O3S2. The largest absolute Gasteiger partial charge is 0.467 e. The van der Waals surface area contributed by atoms with Crippen LogP contribution in [0.1, 0.15) is 32.6 Å². The lowest BCUT2D eigenvalue weighted by Crippen LogP contribution is -2.42. The predicted octanol–water partition coefficient (Wildman–Crippen LogP) is 3.27. The third-order valence-electron chi connectivity index (χ3n) is 4.09. The number of benzene rings is 1. The number of para-hydroxylation sites is 1. The zero-order valence-corrected chi connectivity index (χ0v) is 14.9. The van der Waals surface area contributed by atoms with Gasteiger partial charge in [0.05, 0.1) is 16.0 Å². The van der Waals surface area contributed by atoms with Crippen LogP contribution in [0.2, 0.25) is 0 Å². The monoisotopic (exact) mass is 354 g/mol. The van der Waals surface area contributed by atoms with Crippen molar-refractivity contribution in [2.45, 2.75) is 38.7 Å². The zero-order chi connectivity index (χ0) is 16.3. The average molecular weight is 354 g/mol. The fourth-order valence-corrected chi connectivity index (χ4v) is 5.29. The highest BCUT2D eigenvalue weighted by molar-refractivity contribution is 7.89. The lowest BCUT2D eigenvalue weighted by atomic mass is 10.1. The number of hydrogen-bond acceptors (Lipinski definition) is 5. The van der Waals surface area contributed by atoms with Gasteiger partial charge in [-0.3, -0.25) is 0 Å². The summed E-state index contributed by atoms with van der Waals surface area (Å²) in [5, 5.41) is 0.679. The van der Waals surface area contributed by atoms with Gasteiger partial charge in [-0.25, -0.2) is 17.7 Å². The molecule has 23 heavy (non-hydrogen) atoms. The molecule has 0 atom stereocenters. The van der Waals surface area contributed by atoms with Crippen LogP contribution in [0.4, 0.5) is 0 Å². The number of nitrogens with zero attached hydrogens (tertiary/aromatic N) is 2. The number of piperidine rings is 1. The Bertz CT molecular complexity index is 717. The van der Waals surface area contributed by atoms with E-state index in [9.17, 15) is 8.42 Å². The maximum atomic E-state index is 12.2. The Morgan fingerprint density at radius 3 is 2.74 bits per heavy atom. The lowest BCUT2D eigenvalue weighted by molar-refractivity contribution is 0.135. The second kappa shape index (κ2) is 7.15. The van der Waals surface area contributed by atoms with Gasteiger partial charge in [0.1, 0.15) is 6.10 Å². The fraction of sp³-hybridized carbons (Fsp3) is 0.562. The summed E-state index contributed by atoms with van der Waals surface area (Å²) in [6.07, 6.45) is 3.12. The predicted molar refractivity (Wildman–Crippen MR) is 93.5 cm³/mol. The van der Waals surface area contributed by atoms with Gasteiger partial charge in [-0.1, -0.05) is 36.8 Å². The molecule has 1 aromatic carbocycles. The summed E-state index contributed by atoms with van der Waals surface area (Å²) in [7, 11) is -3.10. The molecule has 0 unspecified atom stereocenters. The molecule has 1 aliphatic rings. The van der Waals surface area contributed by atoms with Gasteiger partial charge < -0.3 is 4.74 Å². The molecule has 126 valence electrons. The van der Waals surface area contributed by atoms with Crippen LogP contribution in [-0.4, -0.2) is 42.7 Å². The summed E-state index contributed by atoms with van der Waals surface area (Å²) >= 11 is 1.54. The summed E-state index contributed by atoms with van der Waals surface area (Å²) in [5.41, 5.74) is 0.951. The van der Waals surface area contributed by atoms with Crippen molar-refractivity contribution in [3.8, 4) is 5.19 Å². The lowest BCUT2D eigenvalue weighted by Gasteiger charge is -2.30. The van der Waals surface area contributed by atoms with Crippen molar-refractivity contribution in [1.82, 2.24) is 9.29 Å². The molecule has 0 N–H and O–H groups in total. The highest BCUT2D eigenvalue weighted by Gasteiger charge is 2.28. The van der Waals surface area contributed by atoms with Gasteiger partial charge in [0.25, 0.3) is 5.19 Å². The van der Waals surface area contributed by atoms with E-state index in [0.29, 0.717) is 18.3 Å². The first kappa shape index (κ1) is 16.7. The van der Waals surface area contributed by atoms with Crippen molar-refractivity contribution < 1.29 is 13.2 Å². The fourth-order valence-electron chi connectivity index (χ4n) is 2.73. The Morgan fingerprint density at radius 1 is 1.30 bits per heavy atom. The maximum Gasteiger partial charge on any atom is 0.274 e. The molecule has 1 aromatic heterocycles. The van der Waals surface area contributed by atoms with Gasteiger partial charge in [-0.05, 0) is 31.4 Å². The van der Waals surface area contributed by atoms with E-state index in [1.54, 1.807) is 15.6 Å². The smallest absolute Gasteiger partial charge is 0.274 e. The van der Waals surface area contributed by atoms with Crippen molar-refractivity contribution in [2.75, 3.05) is 18.8 Å². The number of thiazole rings is 1. The molecule has 1 fully saturated rings. The first-order valence-corrected chi connectivity index (χ1v) is 10.5. The van der Waals surface area contributed by atoms with Crippen LogP contribution in [0.5, 0.6) is 5.19 Å². The van der Waals surface area contributed by atoms with Crippen LogP contribution in [0, 0.1) is 0 Å². The molecule has 0 radical (unpaired) electrons. The first-order valence-electron chi connectivity index (χ1n) is 8.08. The number of fused-ring (bicyclic) bond motifs is 1. The quantitative estimate of drug-likeness (QED) is 0.799. The third-order valence-corrected chi connectivity index (χ3v) is 6.98. The Labute approximate surface area is 141 Å². The molecular weight excluding hydrogens is 332 g/mol. The molecule has 7 heteroatoms. The second-order valence-corrected chi connectivity index (χ2v) is 8.91. The molecule has 2 heterocycles. The van der Waals surface area contributed by atoms with Crippen LogP contribution in [0.15, 0.2) is 24.3 Å². The zero-order valence-electron chi connectivity index (χ0n) is 13.3. The topological polar surface area (TPSA) is 59.5 Å². The van der Waals surface area contributed by atoms with E-state index in [-0.39, 0.29) is 11.9 Å². The van der Waals surface area contributed by atoms with Crippen LogP contribution in [-0.2, 0) is 10.0 Å². The van der Waals surface area contributed by atoms with E-state index >= 15 is 0 Å². The van der Waals surface area contributed by atoms with Crippen molar-refractivity contribution in [1.29, 1.82) is 0 Å². The number of unbranched alkanes of at least 4 members (excludes halogenated alkanes) is 1. The van der Waals surface area contributed by atoms with Gasteiger partial charge >= 0.3 is 0 Å². The van der Waals surface area contributed by atoms with Crippen molar-refractivity contribution in [3.05, 3.63) is 24.3 Å². The Balaban J connectivity index is 1.56. The Kier molecular flexibility index (Phi) is 5.18. The van der Waals surface area contributed by atoms with Gasteiger partial charge in [0.2, 0.25) is 10.0 Å². The highest BCUT2D eigenvalue weighted by atomic mass is 32.2. The van der Waals surface area contributed by atoms with Gasteiger partial charge in [0.15, 0.2) is 0 Å². The van der Waals surface area contributed by atoms with E-state index in [1.165, 1.54) is 0 Å². The van der Waals surface area contributed by atoms with E-state index in [0.717, 1.165) is 35.9 Å². The first-order chi connectivity index (χ1) is 11.1. The van der Waals surface area contributed by atoms with Gasteiger partial charge in [-0.15, -0.1) is 0 Å². The third kappa shape index (κ3) is 4.02. The van der Waals surface area contributed by atoms with Gasteiger partial charge in [-0.2, -0.15) is 0 Å². The molecule has 2 aromatic rings. The Hall–Kier alpha value is -1.18. The average Bonchev–Trinajstić information content (AvgIpc) is 2.95. The molecule has 1 aliphatic heterocycles. The van der Waals surface area contributed by atoms with Crippen molar-refractivity contribution in [3.63, 3.8) is 0 Å². The molecule has 0 saturated carbocycles. The molecule has 0 aliphatic carbocycles. The number of hydrogen-bond donors (Lipinski definition) is 0. The normalized spacial score (nSPS) is 17.6. The highest BCUT2D eigenvalue weighted by Crippen LogP contribution is 2.29. The SMILES string of the molecule is CCCCS(=O)(=O)N1CCC(Oc2nc3ccccc3s2)CC1. The minimum Gasteiger partial charge on any atom is -0.467 e. The molecule has 0 spiro atoms. The second-order valence-electron chi connectivity index (χ2n) is 5.83. The molecule has 0 bridgehead atoms. The summed E-state index contributed by atoms with van der Waals surface area (Å²) in [5.74, 6) is 0.257. The van der Waals surface area contributed by atoms with E-state index in [4.69, 9.17) is 4.74 Å². The summed E-state index contributed by atoms with van der Waals surface area (Å²) in [6.45, 7) is 3.09. The van der Waals surface area contributed by atoms with E-state index in [2.05, 4.69) is 4.98 Å². The standard InChI is InChI=1S/C16H22N2O3S2/c1-2-3-12-23(19,20)18-10-8-13(9-11-18)21-16-17-14-6-4-5-7-15(14)22-16/h4-7,13H,2-3,8-12H2,1H3. The number of sulfonamides is 1. The number of rotatable bonds is 6. The summed E-state index contributed by atoms with van der Waals surface area (Å²) < 4.78 is 33.1. The summed E-state index contributed by atoms with van der Waals surface area (Å²) in [4.78, 5) is 4.48. The van der Waals surface area contributed by atoms with Crippen LogP contribution < -0.4 is 4.74 Å². The minimum absolute atomic E-state index is 0.0492. The summed E-state index contributed by atoms with van der Waals surface area (Å²) in [6, 6.07) is 7.96. The van der Waals surface area contributed by atoms with Crippen LogP contribution in [0.25, 0.3) is 10.2 Å². The molecule has 1 saturated heterocycles. The minimum atomic E-state index is -3.10. The molecule has 3 rings (SSSR count). The van der Waals surface area contributed by atoms with Crippen LogP contribution in [0.3, 0.4) is 0 Å².